The lowest BCUT2D eigenvalue weighted by Gasteiger charge is -2.09. The van der Waals surface area contributed by atoms with E-state index in [1.165, 1.54) is 0 Å². The number of carbonyl (C=O) groups is 1. The molecule has 1 aliphatic heterocycles. The van der Waals surface area contributed by atoms with Crippen molar-refractivity contribution in [2.75, 3.05) is 12.1 Å². The Morgan fingerprint density at radius 1 is 1.18 bits per heavy atom. The van der Waals surface area contributed by atoms with Gasteiger partial charge in [0.15, 0.2) is 11.5 Å². The minimum atomic E-state index is -0.0389. The molecule has 1 N–H and O–H groups in total. The number of ether oxygens (including phenoxy) is 2. The van der Waals surface area contributed by atoms with E-state index in [2.05, 4.69) is 5.32 Å². The van der Waals surface area contributed by atoms with Crippen LogP contribution in [0.15, 0.2) is 36.4 Å². The molecular weight excluding hydrogens is 302 g/mol. The number of fused-ring (bicyclic) bond motifs is 1. The maximum absolute atomic E-state index is 12.1. The molecule has 0 atom stereocenters. The van der Waals surface area contributed by atoms with Crippen molar-refractivity contribution in [3.05, 3.63) is 52.5 Å². The second-order valence-electron chi connectivity index (χ2n) is 5.20. The van der Waals surface area contributed by atoms with E-state index in [0.717, 1.165) is 28.3 Å². The zero-order chi connectivity index (χ0) is 15.5. The summed E-state index contributed by atoms with van der Waals surface area (Å²) in [6, 6.07) is 11.2. The van der Waals surface area contributed by atoms with Crippen molar-refractivity contribution in [1.29, 1.82) is 0 Å². The van der Waals surface area contributed by atoms with Crippen molar-refractivity contribution in [3.63, 3.8) is 0 Å². The smallest absolute Gasteiger partial charge is 0.231 e. The van der Waals surface area contributed by atoms with Crippen molar-refractivity contribution in [3.8, 4) is 11.5 Å². The molecule has 0 saturated carbocycles. The van der Waals surface area contributed by atoms with Gasteiger partial charge in [0.2, 0.25) is 12.7 Å². The van der Waals surface area contributed by atoms with Gasteiger partial charge in [-0.1, -0.05) is 23.7 Å². The molecule has 0 spiro atoms. The molecule has 5 heteroatoms. The number of carbonyl (C=O) groups excluding carboxylic acids is 1. The fourth-order valence-electron chi connectivity index (χ4n) is 2.30. The summed E-state index contributed by atoms with van der Waals surface area (Å²) >= 11 is 5.95. The molecule has 0 aliphatic carbocycles. The largest absolute Gasteiger partial charge is 0.454 e. The van der Waals surface area contributed by atoms with Crippen LogP contribution >= 0.6 is 11.6 Å². The van der Waals surface area contributed by atoms with Crippen molar-refractivity contribution in [2.24, 2.45) is 0 Å². The molecule has 0 saturated heterocycles. The molecule has 0 fully saturated rings. The highest BCUT2D eigenvalue weighted by molar-refractivity contribution is 6.31. The maximum atomic E-state index is 12.1. The molecule has 22 heavy (non-hydrogen) atoms. The van der Waals surface area contributed by atoms with Crippen LogP contribution in [0.1, 0.15) is 17.5 Å². The van der Waals surface area contributed by atoms with E-state index in [1.807, 2.05) is 31.2 Å². The predicted molar refractivity (Wildman–Crippen MR) is 85.7 cm³/mol. The number of rotatable bonds is 4. The number of nitrogens with one attached hydrogen (secondary N) is 1. The van der Waals surface area contributed by atoms with Crippen LogP contribution in [0.5, 0.6) is 11.5 Å². The first-order valence-corrected chi connectivity index (χ1v) is 7.44. The summed E-state index contributed by atoms with van der Waals surface area (Å²) in [5.41, 5.74) is 2.78. The zero-order valence-corrected chi connectivity index (χ0v) is 12.9. The molecule has 1 amide bonds. The number of hydrogen-bond acceptors (Lipinski definition) is 3. The van der Waals surface area contributed by atoms with Crippen LogP contribution in [0.3, 0.4) is 0 Å². The standard InChI is InChI=1S/C17H16ClNO3/c1-11-2-5-13(18)9-14(11)19-17(20)7-4-12-3-6-15-16(8-12)22-10-21-15/h2-3,5-6,8-9H,4,7,10H2,1H3,(H,19,20). The number of benzene rings is 2. The van der Waals surface area contributed by atoms with Crippen LogP contribution < -0.4 is 14.8 Å². The Balaban J connectivity index is 1.59. The monoisotopic (exact) mass is 317 g/mol. The fraction of sp³-hybridized carbons (Fsp3) is 0.235. The van der Waals surface area contributed by atoms with Gasteiger partial charge in [-0.05, 0) is 48.7 Å². The second kappa shape index (κ2) is 6.28. The van der Waals surface area contributed by atoms with Gasteiger partial charge in [0.05, 0.1) is 0 Å². The van der Waals surface area contributed by atoms with Gasteiger partial charge in [0, 0.05) is 17.1 Å². The van der Waals surface area contributed by atoms with Crippen molar-refractivity contribution < 1.29 is 14.3 Å². The summed E-state index contributed by atoms with van der Waals surface area (Å²) in [4.78, 5) is 12.1. The SMILES string of the molecule is Cc1ccc(Cl)cc1NC(=O)CCc1ccc2c(c1)OCO2. The lowest BCUT2D eigenvalue weighted by atomic mass is 10.1. The molecule has 2 aromatic rings. The number of anilines is 1. The van der Waals surface area contributed by atoms with Gasteiger partial charge in [0.25, 0.3) is 0 Å². The fourth-order valence-corrected chi connectivity index (χ4v) is 2.47. The topological polar surface area (TPSA) is 47.6 Å². The van der Waals surface area contributed by atoms with Crippen LogP contribution in [-0.4, -0.2) is 12.7 Å². The lowest BCUT2D eigenvalue weighted by Crippen LogP contribution is -2.13. The number of halogens is 1. The van der Waals surface area contributed by atoms with Gasteiger partial charge in [-0.25, -0.2) is 0 Å². The van der Waals surface area contributed by atoms with Crippen LogP contribution in [-0.2, 0) is 11.2 Å². The quantitative estimate of drug-likeness (QED) is 0.929. The Labute approximate surface area is 134 Å². The Morgan fingerprint density at radius 2 is 2.00 bits per heavy atom. The third-order valence-electron chi connectivity index (χ3n) is 3.55. The van der Waals surface area contributed by atoms with E-state index in [0.29, 0.717) is 17.9 Å². The van der Waals surface area contributed by atoms with Gasteiger partial charge < -0.3 is 14.8 Å². The van der Waals surface area contributed by atoms with Crippen LogP contribution in [0.2, 0.25) is 5.02 Å². The lowest BCUT2D eigenvalue weighted by molar-refractivity contribution is -0.116. The Hall–Kier alpha value is -2.20. The minimum absolute atomic E-state index is 0.0389. The average molecular weight is 318 g/mol. The second-order valence-corrected chi connectivity index (χ2v) is 5.63. The van der Waals surface area contributed by atoms with Gasteiger partial charge in [0.1, 0.15) is 0 Å². The molecule has 1 heterocycles. The molecule has 0 unspecified atom stereocenters. The molecule has 0 radical (unpaired) electrons. The van der Waals surface area contributed by atoms with Crippen LogP contribution in [0, 0.1) is 6.92 Å². The Bertz CT molecular complexity index is 715. The van der Waals surface area contributed by atoms with Gasteiger partial charge >= 0.3 is 0 Å². The molecule has 3 rings (SSSR count). The van der Waals surface area contributed by atoms with E-state index in [-0.39, 0.29) is 12.7 Å². The predicted octanol–water partition coefficient (Wildman–Crippen LogP) is 3.95. The van der Waals surface area contributed by atoms with Crippen molar-refractivity contribution >= 4 is 23.2 Å². The van der Waals surface area contributed by atoms with E-state index < -0.39 is 0 Å². The van der Waals surface area contributed by atoms with Gasteiger partial charge in [-0.15, -0.1) is 0 Å². The molecule has 0 aromatic heterocycles. The number of hydrogen-bond donors (Lipinski definition) is 1. The molecule has 0 bridgehead atoms. The van der Waals surface area contributed by atoms with Crippen LogP contribution in [0.25, 0.3) is 0 Å². The number of aryl methyl sites for hydroxylation is 2. The van der Waals surface area contributed by atoms with Gasteiger partial charge in [-0.2, -0.15) is 0 Å². The van der Waals surface area contributed by atoms with Crippen molar-refractivity contribution in [2.45, 2.75) is 19.8 Å². The van der Waals surface area contributed by atoms with Crippen molar-refractivity contribution in [1.82, 2.24) is 0 Å². The first-order chi connectivity index (χ1) is 10.6. The number of amides is 1. The van der Waals surface area contributed by atoms with E-state index in [9.17, 15) is 4.79 Å². The molecule has 1 aliphatic rings. The first kappa shape index (κ1) is 14.7. The average Bonchev–Trinajstić information content (AvgIpc) is 2.96. The highest BCUT2D eigenvalue weighted by atomic mass is 35.5. The highest BCUT2D eigenvalue weighted by Gasteiger charge is 2.13. The summed E-state index contributed by atoms with van der Waals surface area (Å²) in [6.45, 7) is 2.19. The third-order valence-corrected chi connectivity index (χ3v) is 3.79. The van der Waals surface area contributed by atoms with Crippen LogP contribution in [0.4, 0.5) is 5.69 Å². The highest BCUT2D eigenvalue weighted by Crippen LogP contribution is 2.32. The maximum Gasteiger partial charge on any atom is 0.231 e. The molecule has 2 aromatic carbocycles. The zero-order valence-electron chi connectivity index (χ0n) is 12.2. The summed E-state index contributed by atoms with van der Waals surface area (Å²) in [7, 11) is 0. The Kier molecular flexibility index (Phi) is 4.20. The summed E-state index contributed by atoms with van der Waals surface area (Å²) in [6.07, 6.45) is 1.04. The van der Waals surface area contributed by atoms with E-state index in [1.54, 1.807) is 12.1 Å². The minimum Gasteiger partial charge on any atom is -0.454 e. The normalized spacial score (nSPS) is 12.3. The molecule has 114 valence electrons. The van der Waals surface area contributed by atoms with E-state index >= 15 is 0 Å². The molecular formula is C17H16ClNO3. The van der Waals surface area contributed by atoms with E-state index in [4.69, 9.17) is 21.1 Å². The summed E-state index contributed by atoms with van der Waals surface area (Å²) < 4.78 is 10.6. The summed E-state index contributed by atoms with van der Waals surface area (Å²) in [5, 5.41) is 3.50. The van der Waals surface area contributed by atoms with Gasteiger partial charge in [-0.3, -0.25) is 4.79 Å². The molecule has 4 nitrogen and oxygen atoms in total. The summed E-state index contributed by atoms with van der Waals surface area (Å²) in [5.74, 6) is 1.45. The Morgan fingerprint density at radius 3 is 2.86 bits per heavy atom. The first-order valence-electron chi connectivity index (χ1n) is 7.06. The third kappa shape index (κ3) is 3.34.